The van der Waals surface area contributed by atoms with Crippen LogP contribution in [0.4, 0.5) is 5.69 Å². The molecule has 6 nitrogen and oxygen atoms in total. The number of nitrogens with zero attached hydrogens (tertiary/aromatic N) is 2. The average molecular weight is 513 g/mol. The van der Waals surface area contributed by atoms with Gasteiger partial charge in [0.2, 0.25) is 5.06 Å². The molecule has 0 saturated heterocycles. The zero-order valence-electron chi connectivity index (χ0n) is 20.2. The van der Waals surface area contributed by atoms with E-state index in [9.17, 15) is 9.67 Å². The van der Waals surface area contributed by atoms with E-state index < -0.39 is 12.7 Å². The average Bonchev–Trinajstić information content (AvgIpc) is 3.12. The van der Waals surface area contributed by atoms with E-state index in [4.69, 9.17) is 9.05 Å². The predicted molar refractivity (Wildman–Crippen MR) is 143 cm³/mol. The van der Waals surface area contributed by atoms with Gasteiger partial charge in [-0.2, -0.15) is 0 Å². The maximum absolute atomic E-state index is 12.9. The van der Waals surface area contributed by atoms with Gasteiger partial charge in [0.15, 0.2) is 0 Å². The first-order valence-corrected chi connectivity index (χ1v) is 14.5. The molecular formula is C27H33N2O4PS. The highest BCUT2D eigenvalue weighted by molar-refractivity contribution is 8.01. The van der Waals surface area contributed by atoms with Gasteiger partial charge in [-0.15, -0.1) is 0 Å². The Morgan fingerprint density at radius 3 is 2.34 bits per heavy atom. The van der Waals surface area contributed by atoms with E-state index in [2.05, 4.69) is 17.0 Å². The van der Waals surface area contributed by atoms with Crippen LogP contribution in [-0.2, 0) is 20.2 Å². The molecule has 0 radical (unpaired) electrons. The summed E-state index contributed by atoms with van der Waals surface area (Å²) in [4.78, 5) is 5.10. The molecule has 2 aliphatic rings. The third-order valence-electron chi connectivity index (χ3n) is 5.75. The molecule has 2 aromatic rings. The first kappa shape index (κ1) is 25.8. The fraction of sp³-hybridized carbons (Fsp3) is 0.333. The van der Waals surface area contributed by atoms with E-state index in [1.54, 1.807) is 0 Å². The number of thioether (sulfide) groups is 1. The van der Waals surface area contributed by atoms with Crippen LogP contribution in [0.3, 0.4) is 0 Å². The molecule has 0 aliphatic carbocycles. The number of hydrogen-bond donors (Lipinski definition) is 1. The number of fused-ring (bicyclic) bond motifs is 1. The highest BCUT2D eigenvalue weighted by Gasteiger charge is 2.41. The monoisotopic (exact) mass is 512 g/mol. The lowest BCUT2D eigenvalue weighted by Gasteiger charge is -2.33. The van der Waals surface area contributed by atoms with E-state index in [0.717, 1.165) is 22.7 Å². The summed E-state index contributed by atoms with van der Waals surface area (Å²) >= 11 is 1.41. The highest BCUT2D eigenvalue weighted by Crippen LogP contribution is 2.52. The Balaban J connectivity index is 1.48. The minimum Gasteiger partial charge on any atom is -0.359 e. The van der Waals surface area contributed by atoms with E-state index in [0.29, 0.717) is 32.3 Å². The van der Waals surface area contributed by atoms with Crippen LogP contribution in [0.25, 0.3) is 0 Å². The topological polar surface area (TPSA) is 62.2 Å². The first-order valence-electron chi connectivity index (χ1n) is 12.0. The van der Waals surface area contributed by atoms with Crippen molar-refractivity contribution in [3.05, 3.63) is 96.4 Å². The number of allylic oxidation sites excluding steroid dienone is 3. The van der Waals surface area contributed by atoms with Crippen molar-refractivity contribution < 1.29 is 18.7 Å². The summed E-state index contributed by atoms with van der Waals surface area (Å²) in [6, 6.07) is 18.3. The largest absolute Gasteiger partial charge is 0.359 e. The minimum absolute atomic E-state index is 0.304. The molecule has 0 aromatic heterocycles. The van der Waals surface area contributed by atoms with Crippen LogP contribution >= 0.6 is 19.4 Å². The van der Waals surface area contributed by atoms with Crippen LogP contribution < -0.4 is 4.90 Å². The molecular weight excluding hydrogens is 479 g/mol. The first-order chi connectivity index (χ1) is 16.9. The summed E-state index contributed by atoms with van der Waals surface area (Å²) in [6.07, 6.45) is 10.8. The fourth-order valence-electron chi connectivity index (χ4n) is 4.21. The van der Waals surface area contributed by atoms with Gasteiger partial charge in [-0.25, -0.2) is 0 Å². The second-order valence-corrected chi connectivity index (χ2v) is 11.8. The maximum atomic E-state index is 12.9. The van der Waals surface area contributed by atoms with Crippen molar-refractivity contribution in [2.24, 2.45) is 0 Å². The second-order valence-electron chi connectivity index (χ2n) is 8.34. The van der Waals surface area contributed by atoms with Crippen LogP contribution in [0, 0.1) is 0 Å². The molecule has 8 heteroatoms. The lowest BCUT2D eigenvalue weighted by molar-refractivity contribution is 0.183. The summed E-state index contributed by atoms with van der Waals surface area (Å²) in [5.74, 6) is 0. The third kappa shape index (κ3) is 6.49. The van der Waals surface area contributed by atoms with Gasteiger partial charge in [0.25, 0.3) is 0 Å². The number of para-hydroxylation sites is 1. The van der Waals surface area contributed by atoms with Gasteiger partial charge in [-0.3, -0.25) is 4.57 Å². The number of benzene rings is 2. The zero-order valence-corrected chi connectivity index (χ0v) is 22.0. The molecule has 2 aromatic carbocycles. The Morgan fingerprint density at radius 2 is 1.66 bits per heavy atom. The van der Waals surface area contributed by atoms with Gasteiger partial charge in [-0.05, 0) is 61.8 Å². The molecule has 0 saturated carbocycles. The Labute approximate surface area is 212 Å². The SMILES string of the molecule is CCOP(=O)(CCCN1c2ccccc2SC1(O)C=C1C=CN(Cc2ccccc2)C=C1)OCC. The smallest absolute Gasteiger partial charge is 0.330 e. The second kappa shape index (κ2) is 11.6. The number of rotatable bonds is 11. The van der Waals surface area contributed by atoms with Crippen molar-refractivity contribution in [2.45, 2.75) is 36.8 Å². The molecule has 0 spiro atoms. The van der Waals surface area contributed by atoms with Gasteiger partial charge in [0, 0.05) is 30.4 Å². The van der Waals surface area contributed by atoms with Crippen LogP contribution in [0.15, 0.2) is 95.7 Å². The van der Waals surface area contributed by atoms with Crippen molar-refractivity contribution in [1.29, 1.82) is 0 Å². The van der Waals surface area contributed by atoms with Crippen LogP contribution in [0.1, 0.15) is 25.8 Å². The summed E-state index contributed by atoms with van der Waals surface area (Å²) < 4.78 is 23.8. The Kier molecular flexibility index (Phi) is 8.58. The highest BCUT2D eigenvalue weighted by atomic mass is 32.2. The summed E-state index contributed by atoms with van der Waals surface area (Å²) in [5.41, 5.74) is 3.13. The predicted octanol–water partition coefficient (Wildman–Crippen LogP) is 6.37. The Morgan fingerprint density at radius 1 is 1.00 bits per heavy atom. The van der Waals surface area contributed by atoms with Crippen molar-refractivity contribution >= 4 is 25.0 Å². The molecule has 2 heterocycles. The number of aliphatic hydroxyl groups is 1. The van der Waals surface area contributed by atoms with Gasteiger partial charge in [-0.1, -0.05) is 54.2 Å². The minimum atomic E-state index is -3.13. The molecule has 1 N–H and O–H groups in total. The molecule has 1 atom stereocenters. The molecule has 0 fully saturated rings. The Hall–Kier alpha value is -2.28. The van der Waals surface area contributed by atoms with Crippen molar-refractivity contribution in [1.82, 2.24) is 4.90 Å². The Bertz CT molecular complexity index is 1110. The fourth-order valence-corrected chi connectivity index (χ4v) is 7.10. The van der Waals surface area contributed by atoms with E-state index >= 15 is 0 Å². The molecule has 1 unspecified atom stereocenters. The molecule has 186 valence electrons. The molecule has 0 amide bonds. The standard InChI is InChI=1S/C27H33N2O4PS/c1-3-32-34(31,33-4-2)20-10-17-29-25-13-8-9-14-26(25)35-27(29,30)21-23-15-18-28(19-16-23)22-24-11-6-5-7-12-24/h5-9,11-16,18-19,21,30H,3-4,10,17,20,22H2,1-2H3. The van der Waals surface area contributed by atoms with Crippen molar-refractivity contribution in [3.63, 3.8) is 0 Å². The summed E-state index contributed by atoms with van der Waals surface area (Å²) in [5, 5.41) is 10.5. The van der Waals surface area contributed by atoms with Gasteiger partial charge in [0.1, 0.15) is 0 Å². The lowest BCUT2D eigenvalue weighted by atomic mass is 10.1. The third-order valence-corrected chi connectivity index (χ3v) is 9.12. The number of anilines is 1. The molecule has 35 heavy (non-hydrogen) atoms. The van der Waals surface area contributed by atoms with E-state index in [1.165, 1.54) is 17.3 Å². The van der Waals surface area contributed by atoms with Crippen LogP contribution in [0.2, 0.25) is 0 Å². The zero-order chi connectivity index (χ0) is 24.7. The quantitative estimate of drug-likeness (QED) is 0.351. The summed E-state index contributed by atoms with van der Waals surface area (Å²) in [6.45, 7) is 5.62. The molecule has 0 bridgehead atoms. The van der Waals surface area contributed by atoms with E-state index in [1.807, 2.05) is 91.8 Å². The van der Waals surface area contributed by atoms with Crippen LogP contribution in [0.5, 0.6) is 0 Å². The lowest BCUT2D eigenvalue weighted by Crippen LogP contribution is -2.42. The van der Waals surface area contributed by atoms with E-state index in [-0.39, 0.29) is 0 Å². The molecule has 2 aliphatic heterocycles. The summed E-state index contributed by atoms with van der Waals surface area (Å²) in [7, 11) is -3.13. The number of hydrogen-bond acceptors (Lipinski definition) is 7. The van der Waals surface area contributed by atoms with Crippen LogP contribution in [-0.4, -0.2) is 41.0 Å². The molecule has 4 rings (SSSR count). The normalized spacial score (nSPS) is 19.3. The van der Waals surface area contributed by atoms with Gasteiger partial charge < -0.3 is 24.0 Å². The maximum Gasteiger partial charge on any atom is 0.330 e. The van der Waals surface area contributed by atoms with Crippen molar-refractivity contribution in [2.75, 3.05) is 30.8 Å². The van der Waals surface area contributed by atoms with Gasteiger partial charge >= 0.3 is 7.60 Å². The van der Waals surface area contributed by atoms with Crippen molar-refractivity contribution in [3.8, 4) is 0 Å². The van der Waals surface area contributed by atoms with Gasteiger partial charge in [0.05, 0.1) is 25.1 Å².